The Labute approximate surface area is 232 Å². The Morgan fingerprint density at radius 2 is 1.63 bits per heavy atom. The Bertz CT molecular complexity index is 1610. The molecule has 4 aromatic rings. The molecule has 5 rings (SSSR count). The van der Waals surface area contributed by atoms with Crippen molar-refractivity contribution in [2.75, 3.05) is 6.61 Å². The van der Waals surface area contributed by atoms with Crippen molar-refractivity contribution in [2.24, 2.45) is 0 Å². The van der Waals surface area contributed by atoms with Crippen molar-refractivity contribution < 1.29 is 49.0 Å². The van der Waals surface area contributed by atoms with E-state index in [9.17, 15) is 35.1 Å². The lowest BCUT2D eigenvalue weighted by atomic mass is 9.99. The second kappa shape index (κ2) is 11.8. The topological polar surface area (TPSA) is 176 Å². The van der Waals surface area contributed by atoms with E-state index in [4.69, 9.17) is 18.6 Å². The molecular weight excluding hydrogens is 536 g/mol. The Morgan fingerprint density at radius 3 is 2.37 bits per heavy atom. The zero-order chi connectivity index (χ0) is 29.1. The van der Waals surface area contributed by atoms with Crippen LogP contribution >= 0.6 is 0 Å². The van der Waals surface area contributed by atoms with Crippen LogP contribution in [0.15, 0.2) is 88.1 Å². The minimum absolute atomic E-state index is 0.0280. The molecule has 1 aliphatic heterocycles. The molecule has 5 N–H and O–H groups in total. The standard InChI is InChI=1S/C30H26O11/c31-18-9-7-17(8-10-18)22-14-21(33)26-20(32)12-19(13-23(26)40-22)39-30-29(37)28(36)27(35)24(41-30)15-38-25(34)11-6-16-4-2-1-3-5-16/h1-14,24,27-32,35-37H,15H2/t24-,27-,28+,29-,30-/m1/s1. The van der Waals surface area contributed by atoms with Crippen LogP contribution in [0.25, 0.3) is 28.4 Å². The molecular formula is C30H26O11. The molecule has 41 heavy (non-hydrogen) atoms. The highest BCUT2D eigenvalue weighted by Crippen LogP contribution is 2.33. The lowest BCUT2D eigenvalue weighted by molar-refractivity contribution is -0.278. The van der Waals surface area contributed by atoms with Crippen LogP contribution in [0, 0.1) is 0 Å². The first-order valence-electron chi connectivity index (χ1n) is 12.6. The third kappa shape index (κ3) is 6.23. The van der Waals surface area contributed by atoms with Crippen molar-refractivity contribution in [3.63, 3.8) is 0 Å². The van der Waals surface area contributed by atoms with Crippen LogP contribution in [0.5, 0.6) is 17.2 Å². The lowest BCUT2D eigenvalue weighted by Gasteiger charge is -2.39. The first-order valence-corrected chi connectivity index (χ1v) is 12.6. The van der Waals surface area contributed by atoms with Gasteiger partial charge in [0.15, 0.2) is 5.43 Å². The molecule has 2 heterocycles. The molecule has 1 aliphatic rings. The molecule has 0 aliphatic carbocycles. The van der Waals surface area contributed by atoms with Gasteiger partial charge in [0.1, 0.15) is 65.0 Å². The van der Waals surface area contributed by atoms with Crippen LogP contribution in [0.4, 0.5) is 0 Å². The van der Waals surface area contributed by atoms with Gasteiger partial charge in [-0.2, -0.15) is 0 Å². The predicted octanol–water partition coefficient (Wildman–Crippen LogP) is 2.31. The summed E-state index contributed by atoms with van der Waals surface area (Å²) in [6.45, 7) is -0.462. The number of aromatic hydroxyl groups is 2. The van der Waals surface area contributed by atoms with Crippen molar-refractivity contribution in [3.05, 3.63) is 94.7 Å². The number of aliphatic hydroxyl groups excluding tert-OH is 3. The highest BCUT2D eigenvalue weighted by atomic mass is 16.7. The third-order valence-electron chi connectivity index (χ3n) is 6.46. The molecule has 5 atom stereocenters. The monoisotopic (exact) mass is 562 g/mol. The second-order valence-electron chi connectivity index (χ2n) is 9.34. The minimum Gasteiger partial charge on any atom is -0.508 e. The van der Waals surface area contributed by atoms with Crippen LogP contribution in [-0.4, -0.2) is 68.8 Å². The van der Waals surface area contributed by atoms with Crippen molar-refractivity contribution in [3.8, 4) is 28.6 Å². The Balaban J connectivity index is 1.33. The van der Waals surface area contributed by atoms with Gasteiger partial charge in [-0.3, -0.25) is 4.79 Å². The number of carbonyl (C=O) groups is 1. The summed E-state index contributed by atoms with van der Waals surface area (Å²) >= 11 is 0. The highest BCUT2D eigenvalue weighted by molar-refractivity contribution is 5.87. The number of esters is 1. The number of hydrogen-bond donors (Lipinski definition) is 5. The maximum Gasteiger partial charge on any atom is 0.330 e. The molecule has 1 saturated heterocycles. The summed E-state index contributed by atoms with van der Waals surface area (Å²) in [6, 6.07) is 18.6. The van der Waals surface area contributed by atoms with E-state index < -0.39 is 54.5 Å². The van der Waals surface area contributed by atoms with Crippen LogP contribution < -0.4 is 10.2 Å². The molecule has 1 aromatic heterocycles. The van der Waals surface area contributed by atoms with Gasteiger partial charge < -0.3 is 44.2 Å². The van der Waals surface area contributed by atoms with Gasteiger partial charge in [0.05, 0.1) is 0 Å². The SMILES string of the molecule is O=C(C=Cc1ccccc1)OC[C@H]1O[C@@H](Oc2cc(O)c3c(=O)cc(-c4ccc(O)cc4)oc3c2)[C@H](O)[C@@H](O)[C@@H]1O. The van der Waals surface area contributed by atoms with Crippen molar-refractivity contribution in [1.82, 2.24) is 0 Å². The molecule has 0 spiro atoms. The normalized spacial score (nSPS) is 22.6. The maximum absolute atomic E-state index is 12.7. The van der Waals surface area contributed by atoms with E-state index in [1.165, 1.54) is 30.3 Å². The fourth-order valence-electron chi connectivity index (χ4n) is 4.31. The minimum atomic E-state index is -1.72. The first-order chi connectivity index (χ1) is 19.7. The molecule has 0 radical (unpaired) electrons. The number of phenolic OH excluding ortho intramolecular Hbond substituents is 2. The molecule has 0 saturated carbocycles. The van der Waals surface area contributed by atoms with E-state index in [1.54, 1.807) is 30.3 Å². The third-order valence-corrected chi connectivity index (χ3v) is 6.46. The largest absolute Gasteiger partial charge is 0.508 e. The number of phenols is 2. The average molecular weight is 563 g/mol. The number of hydrogen-bond acceptors (Lipinski definition) is 11. The molecule has 212 valence electrons. The number of fused-ring (bicyclic) bond motifs is 1. The fourth-order valence-corrected chi connectivity index (χ4v) is 4.31. The van der Waals surface area contributed by atoms with Crippen molar-refractivity contribution in [2.45, 2.75) is 30.7 Å². The van der Waals surface area contributed by atoms with E-state index in [1.807, 2.05) is 18.2 Å². The zero-order valence-electron chi connectivity index (χ0n) is 21.4. The van der Waals surface area contributed by atoms with Gasteiger partial charge in [0, 0.05) is 29.8 Å². The smallest absolute Gasteiger partial charge is 0.330 e. The Morgan fingerprint density at radius 1 is 0.902 bits per heavy atom. The molecule has 11 nitrogen and oxygen atoms in total. The average Bonchev–Trinajstić information content (AvgIpc) is 2.96. The first kappa shape index (κ1) is 27.9. The summed E-state index contributed by atoms with van der Waals surface area (Å²) in [4.78, 5) is 24.9. The predicted molar refractivity (Wildman–Crippen MR) is 145 cm³/mol. The summed E-state index contributed by atoms with van der Waals surface area (Å²) in [7, 11) is 0. The molecule has 0 unspecified atom stereocenters. The van der Waals surface area contributed by atoms with Gasteiger partial charge in [-0.25, -0.2) is 4.79 Å². The Kier molecular flexibility index (Phi) is 8.04. The van der Waals surface area contributed by atoms with Gasteiger partial charge in [0.2, 0.25) is 6.29 Å². The van der Waals surface area contributed by atoms with Crippen LogP contribution in [0.2, 0.25) is 0 Å². The summed E-state index contributed by atoms with van der Waals surface area (Å²) < 4.78 is 22.2. The van der Waals surface area contributed by atoms with Gasteiger partial charge in [0.25, 0.3) is 0 Å². The zero-order valence-corrected chi connectivity index (χ0v) is 21.4. The van der Waals surface area contributed by atoms with E-state index in [2.05, 4.69) is 0 Å². The molecule has 11 heteroatoms. The van der Waals surface area contributed by atoms with Gasteiger partial charge in [-0.15, -0.1) is 0 Å². The van der Waals surface area contributed by atoms with Crippen molar-refractivity contribution >= 4 is 23.0 Å². The number of carbonyl (C=O) groups excluding carboxylic acids is 1. The molecule has 1 fully saturated rings. The number of benzene rings is 3. The fraction of sp³-hybridized carbons (Fsp3) is 0.200. The molecule has 0 amide bonds. The van der Waals surface area contributed by atoms with Crippen LogP contribution in [0.1, 0.15) is 5.56 Å². The molecule has 0 bridgehead atoms. The Hall–Kier alpha value is -4.68. The van der Waals surface area contributed by atoms with E-state index in [0.29, 0.717) is 5.56 Å². The van der Waals surface area contributed by atoms with Gasteiger partial charge in [-0.05, 0) is 35.9 Å². The summed E-state index contributed by atoms with van der Waals surface area (Å²) in [5, 5.41) is 51.2. The lowest BCUT2D eigenvalue weighted by Crippen LogP contribution is -2.60. The van der Waals surface area contributed by atoms with E-state index in [-0.39, 0.29) is 28.2 Å². The van der Waals surface area contributed by atoms with Crippen molar-refractivity contribution in [1.29, 1.82) is 0 Å². The van der Waals surface area contributed by atoms with E-state index >= 15 is 0 Å². The summed E-state index contributed by atoms with van der Waals surface area (Å²) in [5.74, 6) is -1.09. The summed E-state index contributed by atoms with van der Waals surface area (Å²) in [6.07, 6.45) is -5.12. The number of aliphatic hydroxyl groups is 3. The molecule has 3 aromatic carbocycles. The highest BCUT2D eigenvalue weighted by Gasteiger charge is 2.45. The van der Waals surface area contributed by atoms with Gasteiger partial charge >= 0.3 is 5.97 Å². The van der Waals surface area contributed by atoms with Crippen LogP contribution in [0.3, 0.4) is 0 Å². The maximum atomic E-state index is 12.7. The summed E-state index contributed by atoms with van der Waals surface area (Å²) in [5.41, 5.74) is 0.688. The second-order valence-corrected chi connectivity index (χ2v) is 9.34. The quantitative estimate of drug-likeness (QED) is 0.165. The van der Waals surface area contributed by atoms with Gasteiger partial charge in [-0.1, -0.05) is 30.3 Å². The number of rotatable bonds is 7. The van der Waals surface area contributed by atoms with Crippen LogP contribution in [-0.2, 0) is 14.3 Å². The number of ether oxygens (including phenoxy) is 3. The van der Waals surface area contributed by atoms with E-state index in [0.717, 1.165) is 11.6 Å².